The number of anilines is 1. The number of nitrogens with one attached hydrogen (secondary N) is 1. The van der Waals surface area contributed by atoms with Gasteiger partial charge in [0, 0.05) is 23.6 Å². The summed E-state index contributed by atoms with van der Waals surface area (Å²) in [6, 6.07) is 20.9. The molecule has 0 bridgehead atoms. The molecule has 0 saturated heterocycles. The number of carbonyl (C=O) groups is 2. The Bertz CT molecular complexity index is 1440. The topological polar surface area (TPSA) is 83.4 Å². The maximum Gasteiger partial charge on any atom is 0.262 e. The van der Waals surface area contributed by atoms with E-state index in [1.807, 2.05) is 80.6 Å². The van der Waals surface area contributed by atoms with Crippen molar-refractivity contribution in [3.63, 3.8) is 0 Å². The molecule has 38 heavy (non-hydrogen) atoms. The van der Waals surface area contributed by atoms with Crippen molar-refractivity contribution in [2.75, 3.05) is 12.4 Å². The molecule has 0 aliphatic carbocycles. The standard InChI is InChI=1S/C29H27ClN4O3S/c1-17-4-11-22(14-18(17)2)31-27(35)16-26-28(36)32-29(38-26)34-25(20-7-12-23(37-3)13-8-20)15-24(33-34)19-5-9-21(30)10-6-19/h4-14,25-26H,15-16H2,1-3H3,(H,31,35)/t25-,26-/m0/s1. The summed E-state index contributed by atoms with van der Waals surface area (Å²) in [5.41, 5.74) is 5.80. The van der Waals surface area contributed by atoms with Gasteiger partial charge in [-0.1, -0.05) is 53.7 Å². The van der Waals surface area contributed by atoms with E-state index in [9.17, 15) is 9.59 Å². The monoisotopic (exact) mass is 546 g/mol. The minimum atomic E-state index is -0.608. The van der Waals surface area contributed by atoms with Gasteiger partial charge in [-0.25, -0.2) is 5.01 Å². The highest BCUT2D eigenvalue weighted by Gasteiger charge is 2.39. The number of benzene rings is 3. The van der Waals surface area contributed by atoms with Crippen molar-refractivity contribution in [1.82, 2.24) is 5.01 Å². The van der Waals surface area contributed by atoms with Crippen LogP contribution < -0.4 is 10.1 Å². The molecule has 3 aromatic rings. The van der Waals surface area contributed by atoms with Crippen LogP contribution in [0.1, 0.15) is 41.1 Å². The molecular weight excluding hydrogens is 520 g/mol. The van der Waals surface area contributed by atoms with Crippen molar-refractivity contribution < 1.29 is 14.3 Å². The lowest BCUT2D eigenvalue weighted by atomic mass is 9.98. The number of hydrogen-bond donors (Lipinski definition) is 1. The van der Waals surface area contributed by atoms with Crippen LogP contribution in [-0.2, 0) is 9.59 Å². The smallest absolute Gasteiger partial charge is 0.262 e. The van der Waals surface area contributed by atoms with E-state index in [1.165, 1.54) is 11.8 Å². The van der Waals surface area contributed by atoms with Gasteiger partial charge >= 0.3 is 0 Å². The normalized spacial score (nSPS) is 18.8. The number of hydrogen-bond acceptors (Lipinski definition) is 6. The molecule has 2 atom stereocenters. The predicted molar refractivity (Wildman–Crippen MR) is 153 cm³/mol. The van der Waals surface area contributed by atoms with Crippen LogP contribution >= 0.6 is 23.4 Å². The number of nitrogens with zero attached hydrogens (tertiary/aromatic N) is 3. The molecule has 0 saturated carbocycles. The van der Waals surface area contributed by atoms with Crippen LogP contribution in [0.4, 0.5) is 5.69 Å². The molecule has 194 valence electrons. The maximum atomic E-state index is 12.8. The second kappa shape index (κ2) is 11.0. The number of amidine groups is 1. The van der Waals surface area contributed by atoms with E-state index in [-0.39, 0.29) is 24.3 Å². The Morgan fingerprint density at radius 2 is 1.82 bits per heavy atom. The number of rotatable bonds is 6. The molecule has 0 radical (unpaired) electrons. The zero-order valence-corrected chi connectivity index (χ0v) is 22.8. The second-order valence-electron chi connectivity index (χ2n) is 9.28. The molecule has 1 N–H and O–H groups in total. The van der Waals surface area contributed by atoms with Gasteiger partial charge in [0.1, 0.15) is 11.0 Å². The molecule has 7 nitrogen and oxygen atoms in total. The van der Waals surface area contributed by atoms with Gasteiger partial charge in [-0.3, -0.25) is 9.59 Å². The Hall–Kier alpha value is -3.62. The molecule has 0 spiro atoms. The summed E-state index contributed by atoms with van der Waals surface area (Å²) in [5.74, 6) is 0.202. The highest BCUT2D eigenvalue weighted by molar-refractivity contribution is 8.15. The number of halogens is 1. The molecule has 0 fully saturated rings. The Morgan fingerprint density at radius 3 is 2.50 bits per heavy atom. The van der Waals surface area contributed by atoms with Crippen molar-refractivity contribution in [2.24, 2.45) is 10.1 Å². The second-order valence-corrected chi connectivity index (χ2v) is 10.9. The van der Waals surface area contributed by atoms with Gasteiger partial charge in [-0.15, -0.1) is 0 Å². The first kappa shape index (κ1) is 26.0. The van der Waals surface area contributed by atoms with Gasteiger partial charge in [0.15, 0.2) is 5.17 Å². The molecule has 2 aliphatic rings. The Morgan fingerprint density at radius 1 is 1.08 bits per heavy atom. The van der Waals surface area contributed by atoms with Crippen LogP contribution in [0.5, 0.6) is 5.75 Å². The van der Waals surface area contributed by atoms with E-state index in [0.717, 1.165) is 33.7 Å². The number of hydrazone groups is 1. The molecule has 3 aromatic carbocycles. The SMILES string of the molecule is COc1ccc([C@@H]2CC(c3ccc(Cl)cc3)=NN2C2=NC(=O)[C@H](CC(=O)Nc3ccc(C)c(C)c3)S2)cc1. The molecule has 2 heterocycles. The van der Waals surface area contributed by atoms with E-state index < -0.39 is 5.25 Å². The molecule has 5 rings (SSSR count). The van der Waals surface area contributed by atoms with Crippen molar-refractivity contribution in [3.05, 3.63) is 94.0 Å². The number of amides is 2. The third-order valence-electron chi connectivity index (χ3n) is 6.67. The van der Waals surface area contributed by atoms with Crippen LogP contribution in [0, 0.1) is 13.8 Å². The quantitative estimate of drug-likeness (QED) is 0.401. The zero-order valence-electron chi connectivity index (χ0n) is 21.3. The third-order valence-corrected chi connectivity index (χ3v) is 8.07. The number of aliphatic imine (C=N–C) groups is 1. The summed E-state index contributed by atoms with van der Waals surface area (Å²) in [6.45, 7) is 4.02. The first-order chi connectivity index (χ1) is 18.3. The highest BCUT2D eigenvalue weighted by atomic mass is 35.5. The maximum absolute atomic E-state index is 12.8. The minimum Gasteiger partial charge on any atom is -0.497 e. The lowest BCUT2D eigenvalue weighted by molar-refractivity contribution is -0.121. The summed E-state index contributed by atoms with van der Waals surface area (Å²) in [5, 5.41) is 10.1. The van der Waals surface area contributed by atoms with Gasteiger partial charge in [-0.2, -0.15) is 10.1 Å². The predicted octanol–water partition coefficient (Wildman–Crippen LogP) is 6.14. The Kier molecular flexibility index (Phi) is 7.53. The number of thioether (sulfide) groups is 1. The summed E-state index contributed by atoms with van der Waals surface area (Å²) >= 11 is 7.37. The summed E-state index contributed by atoms with van der Waals surface area (Å²) in [7, 11) is 1.63. The number of ether oxygens (including phenoxy) is 1. The van der Waals surface area contributed by atoms with Crippen LogP contribution in [0.25, 0.3) is 0 Å². The zero-order chi connectivity index (χ0) is 26.8. The number of carbonyl (C=O) groups excluding carboxylic acids is 2. The summed E-state index contributed by atoms with van der Waals surface area (Å²) in [6.07, 6.45) is 0.651. The Labute approximate surface area is 230 Å². The van der Waals surface area contributed by atoms with Crippen molar-refractivity contribution in [3.8, 4) is 5.75 Å². The fraction of sp³-hybridized carbons (Fsp3) is 0.241. The lowest BCUT2D eigenvalue weighted by Crippen LogP contribution is -2.25. The van der Waals surface area contributed by atoms with Gasteiger partial charge in [0.2, 0.25) is 5.91 Å². The van der Waals surface area contributed by atoms with Crippen LogP contribution in [-0.4, -0.2) is 40.1 Å². The third kappa shape index (κ3) is 5.61. The Balaban J connectivity index is 1.34. The number of methoxy groups -OCH3 is 1. The van der Waals surface area contributed by atoms with E-state index in [2.05, 4.69) is 10.3 Å². The van der Waals surface area contributed by atoms with Crippen molar-refractivity contribution in [1.29, 1.82) is 0 Å². The van der Waals surface area contributed by atoms with E-state index in [0.29, 0.717) is 22.3 Å². The molecular formula is C29H27ClN4O3S. The van der Waals surface area contributed by atoms with Gasteiger partial charge in [0.05, 0.1) is 18.9 Å². The average Bonchev–Trinajstić information content (AvgIpc) is 3.50. The molecule has 9 heteroatoms. The van der Waals surface area contributed by atoms with Crippen LogP contribution in [0.15, 0.2) is 76.8 Å². The fourth-order valence-corrected chi connectivity index (χ4v) is 5.58. The molecule has 2 aliphatic heterocycles. The van der Waals surface area contributed by atoms with E-state index in [4.69, 9.17) is 21.4 Å². The molecule has 0 unspecified atom stereocenters. The van der Waals surface area contributed by atoms with Crippen LogP contribution in [0.2, 0.25) is 5.02 Å². The van der Waals surface area contributed by atoms with Gasteiger partial charge in [-0.05, 0) is 72.5 Å². The van der Waals surface area contributed by atoms with E-state index >= 15 is 0 Å². The summed E-state index contributed by atoms with van der Waals surface area (Å²) < 4.78 is 5.31. The van der Waals surface area contributed by atoms with Crippen molar-refractivity contribution >= 4 is 51.7 Å². The first-order valence-electron chi connectivity index (χ1n) is 12.2. The minimum absolute atomic E-state index is 0.0260. The first-order valence-corrected chi connectivity index (χ1v) is 13.5. The van der Waals surface area contributed by atoms with Crippen molar-refractivity contribution in [2.45, 2.75) is 38.0 Å². The highest BCUT2D eigenvalue weighted by Crippen LogP contribution is 2.39. The lowest BCUT2D eigenvalue weighted by Gasteiger charge is -2.23. The number of aryl methyl sites for hydroxylation is 2. The van der Waals surface area contributed by atoms with Crippen LogP contribution in [0.3, 0.4) is 0 Å². The van der Waals surface area contributed by atoms with Gasteiger partial charge < -0.3 is 10.1 Å². The summed E-state index contributed by atoms with van der Waals surface area (Å²) in [4.78, 5) is 29.9. The fourth-order valence-electron chi connectivity index (χ4n) is 4.39. The van der Waals surface area contributed by atoms with E-state index in [1.54, 1.807) is 12.1 Å². The average molecular weight is 547 g/mol. The van der Waals surface area contributed by atoms with Gasteiger partial charge in [0.25, 0.3) is 5.91 Å². The molecule has 0 aromatic heterocycles. The largest absolute Gasteiger partial charge is 0.497 e. The molecule has 2 amide bonds.